The highest BCUT2D eigenvalue weighted by Crippen LogP contribution is 2.43. The van der Waals surface area contributed by atoms with Gasteiger partial charge >= 0.3 is 0 Å². The van der Waals surface area contributed by atoms with Gasteiger partial charge in [0.2, 0.25) is 0 Å². The van der Waals surface area contributed by atoms with Gasteiger partial charge < -0.3 is 0 Å². The van der Waals surface area contributed by atoms with Crippen LogP contribution in [0.2, 0.25) is 0 Å². The van der Waals surface area contributed by atoms with Gasteiger partial charge in [0.1, 0.15) is 0 Å². The Kier molecular flexibility index (Phi) is 9.60. The Morgan fingerprint density at radius 1 is 0.897 bits per heavy atom. The van der Waals surface area contributed by atoms with Crippen molar-refractivity contribution in [3.63, 3.8) is 0 Å². The Morgan fingerprint density at radius 3 is 2.28 bits per heavy atom. The fourth-order valence-electron chi connectivity index (χ4n) is 6.74. The van der Waals surface area contributed by atoms with Gasteiger partial charge in [-0.15, -0.1) is 0 Å². The highest BCUT2D eigenvalue weighted by Gasteiger charge is 2.31. The van der Waals surface area contributed by atoms with Gasteiger partial charge in [-0.3, -0.25) is 0 Å². The molecule has 0 spiro atoms. The van der Waals surface area contributed by atoms with Gasteiger partial charge in [-0.1, -0.05) is 81.9 Å². The first-order valence-electron chi connectivity index (χ1n) is 13.2. The fraction of sp³-hybridized carbons (Fsp3) is 0.793. The van der Waals surface area contributed by atoms with Crippen molar-refractivity contribution in [3.8, 4) is 0 Å². The molecule has 0 amide bonds. The number of hydrogen-bond acceptors (Lipinski definition) is 0. The van der Waals surface area contributed by atoms with Crippen LogP contribution in [-0.4, -0.2) is 0 Å². The lowest BCUT2D eigenvalue weighted by atomic mass is 9.68. The van der Waals surface area contributed by atoms with Crippen molar-refractivity contribution >= 4 is 0 Å². The quantitative estimate of drug-likeness (QED) is 0.358. The zero-order valence-electron chi connectivity index (χ0n) is 19.6. The summed E-state index contributed by atoms with van der Waals surface area (Å²) >= 11 is 0. The van der Waals surface area contributed by atoms with Crippen molar-refractivity contribution in [1.29, 1.82) is 0 Å². The predicted octanol–water partition coefficient (Wildman–Crippen LogP) is 9.28. The molecule has 3 atom stereocenters. The van der Waals surface area contributed by atoms with E-state index in [1.165, 1.54) is 96.3 Å². The minimum atomic E-state index is 0.762. The van der Waals surface area contributed by atoms with Gasteiger partial charge in [0.05, 0.1) is 0 Å². The van der Waals surface area contributed by atoms with Crippen molar-refractivity contribution in [2.24, 2.45) is 35.5 Å². The van der Waals surface area contributed by atoms with E-state index < -0.39 is 0 Å². The number of allylic oxidation sites excluding steroid dienone is 5. The molecule has 0 heterocycles. The summed E-state index contributed by atoms with van der Waals surface area (Å²) in [5.41, 5.74) is 1.63. The molecular formula is C29H48. The van der Waals surface area contributed by atoms with Gasteiger partial charge in [-0.2, -0.15) is 0 Å². The fourth-order valence-corrected chi connectivity index (χ4v) is 6.74. The molecule has 0 saturated heterocycles. The van der Waals surface area contributed by atoms with Crippen LogP contribution in [0.4, 0.5) is 0 Å². The topological polar surface area (TPSA) is 0 Å². The van der Waals surface area contributed by atoms with Crippen LogP contribution < -0.4 is 0 Å². The van der Waals surface area contributed by atoms with Crippen LogP contribution in [0.1, 0.15) is 110 Å². The van der Waals surface area contributed by atoms with Gasteiger partial charge in [-0.05, 0) is 100 Å². The first kappa shape index (κ1) is 22.9. The highest BCUT2D eigenvalue weighted by atomic mass is 14.4. The molecule has 0 aliphatic heterocycles. The predicted molar refractivity (Wildman–Crippen MR) is 129 cm³/mol. The molecule has 0 N–H and O–H groups in total. The standard InChI is InChI=1S/C29H48/c1-4-12-26(27-13-7-6-8-14-27)16-11-17-28-15-9-10-18-29(28)23(3)25-21-19-24(5-2)20-22-25/h4,11-12,17,24-29H,3,5-10,13-16,18-22H2,1-2H3/b12-4+,17-11+. The highest BCUT2D eigenvalue weighted by molar-refractivity contribution is 5.13. The number of rotatable bonds is 8. The summed E-state index contributed by atoms with van der Waals surface area (Å²) in [6.07, 6.45) is 31.2. The van der Waals surface area contributed by atoms with Gasteiger partial charge in [0.15, 0.2) is 0 Å². The van der Waals surface area contributed by atoms with Crippen LogP contribution in [0.3, 0.4) is 0 Å². The molecule has 3 rings (SSSR count). The normalized spacial score (nSPS) is 33.3. The van der Waals surface area contributed by atoms with Crippen molar-refractivity contribution < 1.29 is 0 Å². The Morgan fingerprint density at radius 2 is 1.59 bits per heavy atom. The summed E-state index contributed by atoms with van der Waals surface area (Å²) in [4.78, 5) is 0. The summed E-state index contributed by atoms with van der Waals surface area (Å²) in [7, 11) is 0. The van der Waals surface area contributed by atoms with E-state index in [0.29, 0.717) is 0 Å². The third-order valence-corrected chi connectivity index (χ3v) is 8.73. The van der Waals surface area contributed by atoms with Crippen molar-refractivity contribution in [2.75, 3.05) is 0 Å². The second-order valence-electron chi connectivity index (χ2n) is 10.5. The van der Waals surface area contributed by atoms with Gasteiger partial charge in [0.25, 0.3) is 0 Å². The molecular weight excluding hydrogens is 348 g/mol. The molecule has 0 aromatic heterocycles. The summed E-state index contributed by atoms with van der Waals surface area (Å²) in [5.74, 6) is 5.02. The van der Waals surface area contributed by atoms with E-state index in [0.717, 1.165) is 35.5 Å². The monoisotopic (exact) mass is 396 g/mol. The second-order valence-corrected chi connectivity index (χ2v) is 10.5. The molecule has 0 bridgehead atoms. The molecule has 3 aliphatic rings. The average molecular weight is 397 g/mol. The van der Waals surface area contributed by atoms with E-state index in [9.17, 15) is 0 Å². The molecule has 0 heteroatoms. The van der Waals surface area contributed by atoms with Crippen LogP contribution in [0, 0.1) is 35.5 Å². The van der Waals surface area contributed by atoms with Crippen molar-refractivity contribution in [3.05, 3.63) is 36.5 Å². The summed E-state index contributed by atoms with van der Waals surface area (Å²) in [5, 5.41) is 0. The Hall–Kier alpha value is -0.780. The lowest BCUT2D eigenvalue weighted by Crippen LogP contribution is -2.25. The van der Waals surface area contributed by atoms with Crippen LogP contribution in [0.25, 0.3) is 0 Å². The van der Waals surface area contributed by atoms with E-state index in [2.05, 4.69) is 38.2 Å². The number of hydrogen-bond donors (Lipinski definition) is 0. The van der Waals surface area contributed by atoms with Crippen LogP contribution in [0.15, 0.2) is 36.5 Å². The second kappa shape index (κ2) is 12.2. The Balaban J connectivity index is 1.56. The molecule has 3 fully saturated rings. The van der Waals surface area contributed by atoms with E-state index in [1.807, 2.05) is 0 Å². The molecule has 3 aliphatic carbocycles. The molecule has 0 nitrogen and oxygen atoms in total. The van der Waals surface area contributed by atoms with Crippen LogP contribution in [-0.2, 0) is 0 Å². The molecule has 0 radical (unpaired) electrons. The van der Waals surface area contributed by atoms with E-state index >= 15 is 0 Å². The third kappa shape index (κ3) is 6.60. The molecule has 0 aromatic rings. The zero-order valence-corrected chi connectivity index (χ0v) is 19.6. The van der Waals surface area contributed by atoms with Crippen LogP contribution >= 0.6 is 0 Å². The lowest BCUT2D eigenvalue weighted by molar-refractivity contribution is 0.248. The van der Waals surface area contributed by atoms with E-state index in [1.54, 1.807) is 5.57 Å². The summed E-state index contributed by atoms with van der Waals surface area (Å²) in [6, 6.07) is 0. The third-order valence-electron chi connectivity index (χ3n) is 8.73. The van der Waals surface area contributed by atoms with E-state index in [4.69, 9.17) is 6.58 Å². The minimum absolute atomic E-state index is 0.762. The zero-order chi connectivity index (χ0) is 20.5. The first-order valence-corrected chi connectivity index (χ1v) is 13.2. The maximum atomic E-state index is 4.70. The molecule has 0 aromatic carbocycles. The van der Waals surface area contributed by atoms with Crippen LogP contribution in [0.5, 0.6) is 0 Å². The molecule has 3 saturated carbocycles. The first-order chi connectivity index (χ1) is 14.2. The summed E-state index contributed by atoms with van der Waals surface area (Å²) < 4.78 is 0. The van der Waals surface area contributed by atoms with Crippen molar-refractivity contribution in [2.45, 2.75) is 110 Å². The lowest BCUT2D eigenvalue weighted by Gasteiger charge is -2.37. The minimum Gasteiger partial charge on any atom is -0.0993 e. The van der Waals surface area contributed by atoms with Gasteiger partial charge in [0, 0.05) is 0 Å². The maximum absolute atomic E-state index is 4.70. The smallest absolute Gasteiger partial charge is 0.0140 e. The van der Waals surface area contributed by atoms with E-state index in [-0.39, 0.29) is 0 Å². The van der Waals surface area contributed by atoms with Gasteiger partial charge in [-0.25, -0.2) is 0 Å². The molecule has 3 unspecified atom stereocenters. The average Bonchev–Trinajstić information content (AvgIpc) is 2.79. The van der Waals surface area contributed by atoms with Crippen molar-refractivity contribution in [1.82, 2.24) is 0 Å². The maximum Gasteiger partial charge on any atom is -0.0140 e. The Labute approximate surface area is 182 Å². The molecule has 29 heavy (non-hydrogen) atoms. The SMILES string of the molecule is C=C(C1CCC(CC)CC1)C1CCCCC1/C=C/CC(/C=C/C)C1CCCCC1. The largest absolute Gasteiger partial charge is 0.0993 e. The molecule has 164 valence electrons. The summed E-state index contributed by atoms with van der Waals surface area (Å²) in [6.45, 7) is 9.28. The Bertz CT molecular complexity index is 524.